The second-order valence-corrected chi connectivity index (χ2v) is 8.10. The van der Waals surface area contributed by atoms with Crippen LogP contribution < -0.4 is 5.32 Å². The maximum atomic E-state index is 13.1. The van der Waals surface area contributed by atoms with Gasteiger partial charge in [-0.05, 0) is 39.0 Å². The number of nitrogens with one attached hydrogen (secondary N) is 1. The Bertz CT molecular complexity index is 610. The van der Waals surface area contributed by atoms with Crippen LogP contribution in [0.5, 0.6) is 0 Å². The van der Waals surface area contributed by atoms with Gasteiger partial charge in [-0.1, -0.05) is 44.2 Å². The molecule has 2 atom stereocenters. The number of likely N-dealkylation sites (N-methyl/N-ethyl adjacent to an activating group) is 2. The molecule has 0 radical (unpaired) electrons. The van der Waals surface area contributed by atoms with Gasteiger partial charge in [0.25, 0.3) is 0 Å². The Morgan fingerprint density at radius 3 is 2.19 bits per heavy atom. The summed E-state index contributed by atoms with van der Waals surface area (Å²) in [7, 11) is 5.84. The molecule has 1 heterocycles. The molecule has 0 saturated carbocycles. The Hall–Kier alpha value is -1.92. The molecular formula is C21H34N4O2. The second-order valence-electron chi connectivity index (χ2n) is 8.10. The van der Waals surface area contributed by atoms with Crippen LogP contribution >= 0.6 is 0 Å². The summed E-state index contributed by atoms with van der Waals surface area (Å²) in [4.78, 5) is 32.2. The van der Waals surface area contributed by atoms with Crippen molar-refractivity contribution >= 4 is 11.8 Å². The van der Waals surface area contributed by atoms with E-state index < -0.39 is 12.1 Å². The van der Waals surface area contributed by atoms with Crippen molar-refractivity contribution in [3.8, 4) is 0 Å². The molecule has 1 aliphatic rings. The topological polar surface area (TPSA) is 55.9 Å². The van der Waals surface area contributed by atoms with Gasteiger partial charge in [0, 0.05) is 26.2 Å². The first-order chi connectivity index (χ1) is 12.8. The molecule has 6 nitrogen and oxygen atoms in total. The fraction of sp³-hybridized carbons (Fsp3) is 0.619. The van der Waals surface area contributed by atoms with Crippen molar-refractivity contribution in [2.75, 3.05) is 47.3 Å². The first-order valence-corrected chi connectivity index (χ1v) is 9.78. The van der Waals surface area contributed by atoms with Gasteiger partial charge < -0.3 is 15.1 Å². The lowest BCUT2D eigenvalue weighted by molar-refractivity contribution is -0.139. The van der Waals surface area contributed by atoms with Crippen LogP contribution in [0.15, 0.2) is 30.3 Å². The number of rotatable bonds is 7. The number of nitrogens with zero attached hydrogens (tertiary/aromatic N) is 3. The van der Waals surface area contributed by atoms with Crippen LogP contribution in [-0.4, -0.2) is 79.9 Å². The van der Waals surface area contributed by atoms with Crippen LogP contribution in [0.1, 0.15) is 31.9 Å². The third kappa shape index (κ3) is 6.04. The Morgan fingerprint density at radius 1 is 1.07 bits per heavy atom. The first kappa shape index (κ1) is 21.4. The average Bonchev–Trinajstić information content (AvgIpc) is 2.61. The highest BCUT2D eigenvalue weighted by Gasteiger charge is 2.31. The van der Waals surface area contributed by atoms with Crippen molar-refractivity contribution in [2.45, 2.75) is 32.4 Å². The van der Waals surface area contributed by atoms with Crippen molar-refractivity contribution in [1.82, 2.24) is 20.0 Å². The Labute approximate surface area is 163 Å². The number of carbonyl (C=O) groups is 2. The van der Waals surface area contributed by atoms with E-state index in [2.05, 4.69) is 31.1 Å². The number of piperazine rings is 1. The fourth-order valence-corrected chi connectivity index (χ4v) is 3.51. The minimum atomic E-state index is -0.480. The summed E-state index contributed by atoms with van der Waals surface area (Å²) in [6.07, 6.45) is 0.645. The Morgan fingerprint density at radius 2 is 1.67 bits per heavy atom. The monoisotopic (exact) mass is 374 g/mol. The molecular weight excluding hydrogens is 340 g/mol. The fourth-order valence-electron chi connectivity index (χ4n) is 3.51. The van der Waals surface area contributed by atoms with Gasteiger partial charge in [-0.3, -0.25) is 14.5 Å². The SMILES string of the molecule is CC(C)CC(NC(=O)C(c1ccccc1)N(C)C)C(=O)N1CCN(C)CC1. The van der Waals surface area contributed by atoms with Crippen LogP contribution in [0.4, 0.5) is 0 Å². The summed E-state index contributed by atoms with van der Waals surface area (Å²) in [6.45, 7) is 7.34. The van der Waals surface area contributed by atoms with E-state index in [1.165, 1.54) is 0 Å². The van der Waals surface area contributed by atoms with Gasteiger partial charge in [0.05, 0.1) is 0 Å². The van der Waals surface area contributed by atoms with Gasteiger partial charge >= 0.3 is 0 Å². The standard InChI is InChI=1S/C21H34N4O2/c1-16(2)15-18(21(27)25-13-11-24(5)12-14-25)22-20(26)19(23(3)4)17-9-7-6-8-10-17/h6-10,16,18-19H,11-15H2,1-5H3,(H,22,26). The lowest BCUT2D eigenvalue weighted by atomic mass is 10.00. The summed E-state index contributed by atoms with van der Waals surface area (Å²) in [5, 5.41) is 3.05. The quantitative estimate of drug-likeness (QED) is 0.788. The van der Waals surface area contributed by atoms with E-state index in [9.17, 15) is 9.59 Å². The Balaban J connectivity index is 2.13. The number of hydrogen-bond acceptors (Lipinski definition) is 4. The minimum absolute atomic E-state index is 0.0377. The van der Waals surface area contributed by atoms with Crippen LogP contribution in [0.2, 0.25) is 0 Å². The molecule has 0 aromatic heterocycles. The average molecular weight is 375 g/mol. The van der Waals surface area contributed by atoms with Crippen LogP contribution in [0, 0.1) is 5.92 Å². The van der Waals surface area contributed by atoms with Crippen molar-refractivity contribution in [3.63, 3.8) is 0 Å². The van der Waals surface area contributed by atoms with E-state index in [4.69, 9.17) is 0 Å². The van der Waals surface area contributed by atoms with Crippen molar-refractivity contribution in [1.29, 1.82) is 0 Å². The number of amides is 2. The van der Waals surface area contributed by atoms with E-state index in [0.717, 1.165) is 31.7 Å². The molecule has 0 bridgehead atoms. The highest BCUT2D eigenvalue weighted by atomic mass is 16.2. The summed E-state index contributed by atoms with van der Waals surface area (Å²) in [5.41, 5.74) is 0.926. The van der Waals surface area contributed by atoms with Crippen LogP contribution in [-0.2, 0) is 9.59 Å². The normalized spacial score (nSPS) is 17.8. The van der Waals surface area contributed by atoms with E-state index in [1.807, 2.05) is 54.2 Å². The largest absolute Gasteiger partial charge is 0.343 e. The predicted molar refractivity (Wildman–Crippen MR) is 108 cm³/mol. The maximum absolute atomic E-state index is 13.1. The van der Waals surface area contributed by atoms with Gasteiger partial charge in [-0.2, -0.15) is 0 Å². The molecule has 150 valence electrons. The molecule has 0 aliphatic carbocycles. The number of hydrogen-bond donors (Lipinski definition) is 1. The zero-order valence-corrected chi connectivity index (χ0v) is 17.3. The number of carbonyl (C=O) groups excluding carboxylic acids is 2. The van der Waals surface area contributed by atoms with Crippen molar-refractivity contribution in [2.24, 2.45) is 5.92 Å². The molecule has 1 fully saturated rings. The number of benzene rings is 1. The van der Waals surface area contributed by atoms with Gasteiger partial charge in [0.2, 0.25) is 11.8 Å². The summed E-state index contributed by atoms with van der Waals surface area (Å²) >= 11 is 0. The van der Waals surface area contributed by atoms with E-state index in [0.29, 0.717) is 12.3 Å². The Kier molecular flexibility index (Phi) is 7.80. The smallest absolute Gasteiger partial charge is 0.245 e. The lowest BCUT2D eigenvalue weighted by Crippen LogP contribution is -2.55. The van der Waals surface area contributed by atoms with E-state index in [-0.39, 0.29) is 11.8 Å². The third-order valence-corrected chi connectivity index (χ3v) is 5.02. The molecule has 0 spiro atoms. The van der Waals surface area contributed by atoms with Gasteiger partial charge in [0.1, 0.15) is 12.1 Å². The molecule has 1 aliphatic heterocycles. The molecule has 2 unspecified atom stereocenters. The minimum Gasteiger partial charge on any atom is -0.343 e. The zero-order valence-electron chi connectivity index (χ0n) is 17.3. The molecule has 2 amide bonds. The highest BCUT2D eigenvalue weighted by molar-refractivity contribution is 5.90. The third-order valence-electron chi connectivity index (χ3n) is 5.02. The molecule has 1 aromatic carbocycles. The van der Waals surface area contributed by atoms with E-state index >= 15 is 0 Å². The first-order valence-electron chi connectivity index (χ1n) is 9.78. The summed E-state index contributed by atoms with van der Waals surface area (Å²) in [6, 6.07) is 8.80. The van der Waals surface area contributed by atoms with Gasteiger partial charge in [-0.15, -0.1) is 0 Å². The molecule has 1 N–H and O–H groups in total. The molecule has 6 heteroatoms. The second kappa shape index (κ2) is 9.85. The van der Waals surface area contributed by atoms with E-state index in [1.54, 1.807) is 0 Å². The van der Waals surface area contributed by atoms with Gasteiger partial charge in [-0.25, -0.2) is 0 Å². The molecule has 1 saturated heterocycles. The van der Waals surface area contributed by atoms with Crippen molar-refractivity contribution in [3.05, 3.63) is 35.9 Å². The van der Waals surface area contributed by atoms with Crippen LogP contribution in [0.3, 0.4) is 0 Å². The van der Waals surface area contributed by atoms with Gasteiger partial charge in [0.15, 0.2) is 0 Å². The lowest BCUT2D eigenvalue weighted by Gasteiger charge is -2.35. The molecule has 2 rings (SSSR count). The maximum Gasteiger partial charge on any atom is 0.245 e. The summed E-state index contributed by atoms with van der Waals surface area (Å²) < 4.78 is 0. The van der Waals surface area contributed by atoms with Crippen LogP contribution in [0.25, 0.3) is 0 Å². The molecule has 1 aromatic rings. The zero-order chi connectivity index (χ0) is 20.0. The van der Waals surface area contributed by atoms with Crippen molar-refractivity contribution < 1.29 is 9.59 Å². The molecule has 27 heavy (non-hydrogen) atoms. The summed E-state index contributed by atoms with van der Waals surface area (Å²) in [5.74, 6) is 0.233. The highest BCUT2D eigenvalue weighted by Crippen LogP contribution is 2.19. The predicted octanol–water partition coefficient (Wildman–Crippen LogP) is 1.59.